The summed E-state index contributed by atoms with van der Waals surface area (Å²) < 4.78 is 0. The van der Waals surface area contributed by atoms with Gasteiger partial charge in [0, 0.05) is 29.6 Å². The molecule has 0 amide bonds. The van der Waals surface area contributed by atoms with Crippen molar-refractivity contribution in [2.45, 2.75) is 0 Å². The van der Waals surface area contributed by atoms with Crippen molar-refractivity contribution >= 4 is 41.2 Å². The van der Waals surface area contributed by atoms with Gasteiger partial charge >= 0.3 is 0 Å². The van der Waals surface area contributed by atoms with Crippen molar-refractivity contribution in [3.63, 3.8) is 0 Å². The van der Waals surface area contributed by atoms with Crippen molar-refractivity contribution in [1.82, 2.24) is 20.6 Å². The zero-order valence-electron chi connectivity index (χ0n) is 3.72. The van der Waals surface area contributed by atoms with E-state index in [0.29, 0.717) is 0 Å². The van der Waals surface area contributed by atoms with Crippen molar-refractivity contribution in [3.05, 3.63) is 5.28 Å². The maximum absolute atomic E-state index is 5.14. The zero-order chi connectivity index (χ0) is 4.41. The standard InChI is InChI=1S/CHClN4.Na/c2-1-3-5-6-4-1;/h(H,3,4,5,6);. The smallest absolute Gasteiger partial charge is 0.176 e. The Kier molecular flexibility index (Phi) is 3.55. The average Bonchev–Trinajstić information content (AvgIpc) is 1.86. The van der Waals surface area contributed by atoms with Crippen LogP contribution in [0.15, 0.2) is 0 Å². The molecule has 0 atom stereocenters. The zero-order valence-corrected chi connectivity index (χ0v) is 6.48. The van der Waals surface area contributed by atoms with Gasteiger partial charge in [0.2, 0.25) is 0 Å². The van der Waals surface area contributed by atoms with Gasteiger partial charge in [0.25, 0.3) is 5.28 Å². The first-order chi connectivity index (χ1) is 2.89. The maximum Gasteiger partial charge on any atom is 0.263 e. The number of rotatable bonds is 0. The molecule has 0 unspecified atom stereocenters. The van der Waals surface area contributed by atoms with E-state index in [2.05, 4.69) is 20.6 Å². The molecule has 1 radical (unpaired) electrons. The number of hydrogen-bond donors (Lipinski definition) is 1. The molecule has 1 N–H and O–H groups in total. The number of hydrogen-bond acceptors (Lipinski definition) is 3. The Balaban J connectivity index is 0.000000360. The van der Waals surface area contributed by atoms with Crippen LogP contribution in [0.5, 0.6) is 0 Å². The second-order valence-corrected chi connectivity index (χ2v) is 1.02. The summed E-state index contributed by atoms with van der Waals surface area (Å²) in [5.74, 6) is 0. The van der Waals surface area contributed by atoms with Crippen molar-refractivity contribution in [2.24, 2.45) is 0 Å². The fraction of sp³-hybridized carbons (Fsp3) is 0. The summed E-state index contributed by atoms with van der Waals surface area (Å²) >= 11 is 5.14. The summed E-state index contributed by atoms with van der Waals surface area (Å²) in [6.07, 6.45) is 0. The Labute approximate surface area is 66.9 Å². The van der Waals surface area contributed by atoms with Crippen LogP contribution in [-0.2, 0) is 0 Å². The minimum Gasteiger partial charge on any atom is -0.176 e. The van der Waals surface area contributed by atoms with Crippen LogP contribution in [0.1, 0.15) is 0 Å². The predicted octanol–water partition coefficient (Wildman–Crippen LogP) is -0.528. The van der Waals surface area contributed by atoms with E-state index in [1.165, 1.54) is 0 Å². The largest absolute Gasteiger partial charge is 0.263 e. The minimum atomic E-state index is 0. The number of aromatic nitrogens is 4. The van der Waals surface area contributed by atoms with Crippen molar-refractivity contribution in [3.8, 4) is 0 Å². The van der Waals surface area contributed by atoms with E-state index in [-0.39, 0.29) is 34.8 Å². The molecule has 0 saturated carbocycles. The first kappa shape index (κ1) is 7.36. The first-order valence-electron chi connectivity index (χ1n) is 1.28. The minimum absolute atomic E-state index is 0. The number of tetrazole rings is 1. The van der Waals surface area contributed by atoms with E-state index >= 15 is 0 Å². The Hall–Kier alpha value is 0.360. The molecule has 0 spiro atoms. The third-order valence-corrected chi connectivity index (χ3v) is 0.480. The molecule has 1 rings (SSSR count). The van der Waals surface area contributed by atoms with Gasteiger partial charge in [-0.1, -0.05) is 5.10 Å². The molecule has 0 aliphatic heterocycles. The van der Waals surface area contributed by atoms with Gasteiger partial charge in [-0.05, 0) is 16.8 Å². The molecular formula is CHClN4Na. The first-order valence-corrected chi connectivity index (χ1v) is 1.66. The van der Waals surface area contributed by atoms with Gasteiger partial charge in [0.1, 0.15) is 0 Å². The Morgan fingerprint density at radius 3 is 2.43 bits per heavy atom. The third-order valence-electron chi connectivity index (χ3n) is 0.319. The van der Waals surface area contributed by atoms with E-state index in [0.717, 1.165) is 0 Å². The normalized spacial score (nSPS) is 7.57. The van der Waals surface area contributed by atoms with Crippen LogP contribution in [0.2, 0.25) is 5.28 Å². The molecule has 0 bridgehead atoms. The molecule has 4 nitrogen and oxygen atoms in total. The van der Waals surface area contributed by atoms with Gasteiger partial charge in [-0.2, -0.15) is 5.21 Å². The average molecular weight is 127 g/mol. The second kappa shape index (κ2) is 3.37. The fourth-order valence-electron chi connectivity index (χ4n) is 0.150. The summed E-state index contributed by atoms with van der Waals surface area (Å²) in [5.41, 5.74) is 0. The Morgan fingerprint density at radius 2 is 2.29 bits per heavy atom. The van der Waals surface area contributed by atoms with Crippen LogP contribution in [0, 0.1) is 0 Å². The van der Waals surface area contributed by atoms with Crippen LogP contribution in [0.25, 0.3) is 0 Å². The molecule has 1 aromatic rings. The molecular weight excluding hydrogens is 126 g/mol. The summed E-state index contributed by atoms with van der Waals surface area (Å²) in [7, 11) is 0. The molecule has 0 saturated heterocycles. The van der Waals surface area contributed by atoms with Gasteiger partial charge < -0.3 is 0 Å². The quantitative estimate of drug-likeness (QED) is 0.477. The van der Waals surface area contributed by atoms with Crippen LogP contribution in [0.4, 0.5) is 0 Å². The van der Waals surface area contributed by atoms with Gasteiger partial charge in [-0.3, -0.25) is 0 Å². The number of nitrogens with one attached hydrogen (secondary N) is 1. The van der Waals surface area contributed by atoms with Gasteiger partial charge in [-0.15, -0.1) is 5.10 Å². The fourth-order valence-corrected chi connectivity index (χ4v) is 0.225. The number of aromatic amines is 1. The van der Waals surface area contributed by atoms with E-state index in [4.69, 9.17) is 11.6 Å². The van der Waals surface area contributed by atoms with Crippen LogP contribution in [0.3, 0.4) is 0 Å². The second-order valence-electron chi connectivity index (χ2n) is 0.681. The molecule has 0 aliphatic rings. The third kappa shape index (κ3) is 2.23. The molecule has 1 heterocycles. The van der Waals surface area contributed by atoms with Gasteiger partial charge in [0.15, 0.2) is 0 Å². The Bertz CT molecular complexity index is 115. The number of halogens is 1. The van der Waals surface area contributed by atoms with Crippen LogP contribution in [-0.4, -0.2) is 50.2 Å². The maximum atomic E-state index is 5.14. The van der Waals surface area contributed by atoms with Crippen LogP contribution >= 0.6 is 11.6 Å². The summed E-state index contributed by atoms with van der Waals surface area (Å²) in [4.78, 5) is 0. The van der Waals surface area contributed by atoms with Crippen molar-refractivity contribution < 1.29 is 0 Å². The van der Waals surface area contributed by atoms with Gasteiger partial charge in [0.05, 0.1) is 0 Å². The molecule has 7 heavy (non-hydrogen) atoms. The Morgan fingerprint density at radius 1 is 1.57 bits per heavy atom. The monoisotopic (exact) mass is 127 g/mol. The number of nitrogens with zero attached hydrogens (tertiary/aromatic N) is 3. The van der Waals surface area contributed by atoms with Gasteiger partial charge in [-0.25, -0.2) is 0 Å². The summed E-state index contributed by atoms with van der Waals surface area (Å²) in [5, 5.41) is 12.1. The molecule has 0 aromatic carbocycles. The molecule has 33 valence electrons. The predicted molar refractivity (Wildman–Crippen MR) is 24.9 cm³/mol. The summed E-state index contributed by atoms with van der Waals surface area (Å²) in [6.45, 7) is 0. The van der Waals surface area contributed by atoms with E-state index in [9.17, 15) is 0 Å². The van der Waals surface area contributed by atoms with Crippen LogP contribution < -0.4 is 0 Å². The molecule has 6 heteroatoms. The molecule has 0 aliphatic carbocycles. The molecule has 1 aromatic heterocycles. The van der Waals surface area contributed by atoms with E-state index in [1.807, 2.05) is 0 Å². The van der Waals surface area contributed by atoms with E-state index in [1.54, 1.807) is 0 Å². The number of H-pyrrole nitrogens is 1. The summed E-state index contributed by atoms with van der Waals surface area (Å²) in [6, 6.07) is 0. The molecule has 0 fully saturated rings. The van der Waals surface area contributed by atoms with E-state index < -0.39 is 0 Å². The van der Waals surface area contributed by atoms with Crippen molar-refractivity contribution in [1.29, 1.82) is 0 Å². The SMILES string of the molecule is Clc1nn[nH]n1.[Na]. The topological polar surface area (TPSA) is 54.5 Å². The van der Waals surface area contributed by atoms with Crippen molar-refractivity contribution in [2.75, 3.05) is 0 Å².